The molecular formula is C14H16ClF3N2O2. The van der Waals surface area contributed by atoms with Gasteiger partial charge in [0.2, 0.25) is 11.8 Å². The summed E-state index contributed by atoms with van der Waals surface area (Å²) in [5.41, 5.74) is 0.283. The maximum absolute atomic E-state index is 12.7. The SMILES string of the molecule is CC(=O)N[C@H](C)C(=O)N[C@@H](CC(F)(F)F)c1ccc(Cl)cc1. The van der Waals surface area contributed by atoms with Crippen LogP contribution in [-0.2, 0) is 9.59 Å². The van der Waals surface area contributed by atoms with Crippen molar-refractivity contribution in [2.24, 2.45) is 0 Å². The van der Waals surface area contributed by atoms with E-state index in [0.717, 1.165) is 0 Å². The van der Waals surface area contributed by atoms with Gasteiger partial charge < -0.3 is 10.6 Å². The fourth-order valence-corrected chi connectivity index (χ4v) is 1.97. The predicted octanol–water partition coefficient (Wildman–Crippen LogP) is 2.97. The van der Waals surface area contributed by atoms with Crippen LogP contribution in [0.25, 0.3) is 0 Å². The summed E-state index contributed by atoms with van der Waals surface area (Å²) in [6.45, 7) is 2.61. The molecule has 1 rings (SSSR count). The fourth-order valence-electron chi connectivity index (χ4n) is 1.85. The lowest BCUT2D eigenvalue weighted by molar-refractivity contribution is -0.143. The average Bonchev–Trinajstić information content (AvgIpc) is 2.36. The average molecular weight is 337 g/mol. The van der Waals surface area contributed by atoms with E-state index in [4.69, 9.17) is 11.6 Å². The summed E-state index contributed by atoms with van der Waals surface area (Å²) in [5.74, 6) is -1.14. The minimum absolute atomic E-state index is 0.283. The molecule has 0 bridgehead atoms. The maximum Gasteiger partial charge on any atom is 0.391 e. The third-order valence-electron chi connectivity index (χ3n) is 2.84. The van der Waals surface area contributed by atoms with Crippen molar-refractivity contribution in [3.8, 4) is 0 Å². The van der Waals surface area contributed by atoms with Crippen LogP contribution in [-0.4, -0.2) is 24.0 Å². The second-order valence-electron chi connectivity index (χ2n) is 4.85. The molecule has 2 atom stereocenters. The Morgan fingerprint density at radius 2 is 1.73 bits per heavy atom. The van der Waals surface area contributed by atoms with Gasteiger partial charge in [-0.15, -0.1) is 0 Å². The van der Waals surface area contributed by atoms with Gasteiger partial charge >= 0.3 is 6.18 Å². The molecule has 1 aromatic rings. The van der Waals surface area contributed by atoms with Gasteiger partial charge in [0, 0.05) is 11.9 Å². The molecule has 0 saturated carbocycles. The van der Waals surface area contributed by atoms with Crippen LogP contribution in [0.4, 0.5) is 13.2 Å². The van der Waals surface area contributed by atoms with Crippen LogP contribution in [0.1, 0.15) is 31.9 Å². The van der Waals surface area contributed by atoms with E-state index in [1.807, 2.05) is 0 Å². The van der Waals surface area contributed by atoms with E-state index in [0.29, 0.717) is 5.02 Å². The molecule has 0 heterocycles. The number of amides is 2. The zero-order valence-corrected chi connectivity index (χ0v) is 12.8. The zero-order valence-electron chi connectivity index (χ0n) is 12.0. The van der Waals surface area contributed by atoms with Crippen LogP contribution in [0.15, 0.2) is 24.3 Å². The second kappa shape index (κ2) is 7.49. The molecule has 0 aromatic heterocycles. The number of hydrogen-bond acceptors (Lipinski definition) is 2. The molecule has 122 valence electrons. The Kier molecular flexibility index (Phi) is 6.22. The van der Waals surface area contributed by atoms with E-state index in [1.165, 1.54) is 38.1 Å². The van der Waals surface area contributed by atoms with E-state index in [1.54, 1.807) is 0 Å². The van der Waals surface area contributed by atoms with Gasteiger partial charge in [0.1, 0.15) is 6.04 Å². The van der Waals surface area contributed by atoms with Crippen molar-refractivity contribution in [3.63, 3.8) is 0 Å². The topological polar surface area (TPSA) is 58.2 Å². The molecule has 2 N–H and O–H groups in total. The van der Waals surface area contributed by atoms with Crippen molar-refractivity contribution in [1.29, 1.82) is 0 Å². The van der Waals surface area contributed by atoms with Crippen LogP contribution in [0.5, 0.6) is 0 Å². The Morgan fingerprint density at radius 1 is 1.18 bits per heavy atom. The monoisotopic (exact) mass is 336 g/mol. The molecule has 0 spiro atoms. The van der Waals surface area contributed by atoms with Crippen molar-refractivity contribution >= 4 is 23.4 Å². The Bertz CT molecular complexity index is 532. The zero-order chi connectivity index (χ0) is 16.9. The lowest BCUT2D eigenvalue weighted by atomic mass is 10.0. The summed E-state index contributed by atoms with van der Waals surface area (Å²) in [4.78, 5) is 22.8. The molecule has 0 aliphatic rings. The lowest BCUT2D eigenvalue weighted by Gasteiger charge is -2.23. The third kappa shape index (κ3) is 6.34. The van der Waals surface area contributed by atoms with E-state index in [2.05, 4.69) is 10.6 Å². The number of nitrogens with one attached hydrogen (secondary N) is 2. The van der Waals surface area contributed by atoms with Gasteiger partial charge in [-0.3, -0.25) is 9.59 Å². The number of halogens is 4. The standard InChI is InChI=1S/C14H16ClF3N2O2/c1-8(19-9(2)21)13(22)20-12(7-14(16,17)18)10-3-5-11(15)6-4-10/h3-6,8,12H,7H2,1-2H3,(H,19,21)(H,20,22)/t8-,12+/m1/s1. The highest BCUT2D eigenvalue weighted by Gasteiger charge is 2.34. The molecule has 0 fully saturated rings. The van der Waals surface area contributed by atoms with Crippen LogP contribution in [0, 0.1) is 0 Å². The first-order valence-electron chi connectivity index (χ1n) is 6.48. The smallest absolute Gasteiger partial charge is 0.347 e. The largest absolute Gasteiger partial charge is 0.391 e. The molecule has 0 unspecified atom stereocenters. The highest BCUT2D eigenvalue weighted by Crippen LogP contribution is 2.30. The highest BCUT2D eigenvalue weighted by atomic mass is 35.5. The van der Waals surface area contributed by atoms with Gasteiger partial charge in [0.05, 0.1) is 12.5 Å². The number of hydrogen-bond donors (Lipinski definition) is 2. The number of rotatable bonds is 5. The van der Waals surface area contributed by atoms with Gasteiger partial charge in [-0.05, 0) is 24.6 Å². The highest BCUT2D eigenvalue weighted by molar-refractivity contribution is 6.30. The van der Waals surface area contributed by atoms with Gasteiger partial charge in [-0.2, -0.15) is 13.2 Å². The Balaban J connectivity index is 2.89. The second-order valence-corrected chi connectivity index (χ2v) is 5.29. The van der Waals surface area contributed by atoms with Crippen molar-refractivity contribution < 1.29 is 22.8 Å². The molecule has 2 amide bonds. The van der Waals surface area contributed by atoms with Crippen molar-refractivity contribution in [2.75, 3.05) is 0 Å². The van der Waals surface area contributed by atoms with Crippen molar-refractivity contribution in [1.82, 2.24) is 10.6 Å². The van der Waals surface area contributed by atoms with Crippen LogP contribution < -0.4 is 10.6 Å². The first-order chi connectivity index (χ1) is 10.1. The Morgan fingerprint density at radius 3 is 2.18 bits per heavy atom. The normalized spacial score (nSPS) is 14.1. The molecule has 0 aliphatic carbocycles. The summed E-state index contributed by atoms with van der Waals surface area (Å²) < 4.78 is 38.1. The number of carbonyl (C=O) groups is 2. The van der Waals surface area contributed by atoms with E-state index in [9.17, 15) is 22.8 Å². The van der Waals surface area contributed by atoms with Gasteiger partial charge in [-0.25, -0.2) is 0 Å². The summed E-state index contributed by atoms with van der Waals surface area (Å²) in [6, 6.07) is 3.55. The predicted molar refractivity (Wildman–Crippen MR) is 76.3 cm³/mol. The van der Waals surface area contributed by atoms with E-state index < -0.39 is 36.5 Å². The van der Waals surface area contributed by atoms with Crippen LogP contribution in [0.2, 0.25) is 5.02 Å². The molecule has 1 aromatic carbocycles. The van der Waals surface area contributed by atoms with Gasteiger partial charge in [0.25, 0.3) is 0 Å². The fraction of sp³-hybridized carbons (Fsp3) is 0.429. The van der Waals surface area contributed by atoms with Crippen LogP contribution >= 0.6 is 11.6 Å². The Labute approximate surface area is 131 Å². The molecule has 8 heteroatoms. The van der Waals surface area contributed by atoms with E-state index in [-0.39, 0.29) is 5.56 Å². The summed E-state index contributed by atoms with van der Waals surface area (Å²) in [5, 5.41) is 5.00. The Hall–Kier alpha value is -1.76. The van der Waals surface area contributed by atoms with Gasteiger partial charge in [-0.1, -0.05) is 23.7 Å². The lowest BCUT2D eigenvalue weighted by Crippen LogP contribution is -2.45. The quantitative estimate of drug-likeness (QED) is 0.868. The number of carbonyl (C=O) groups excluding carboxylic acids is 2. The molecule has 0 aliphatic heterocycles. The minimum atomic E-state index is -4.45. The molecule has 22 heavy (non-hydrogen) atoms. The third-order valence-corrected chi connectivity index (χ3v) is 3.09. The molecule has 0 radical (unpaired) electrons. The number of benzene rings is 1. The van der Waals surface area contributed by atoms with Crippen molar-refractivity contribution in [2.45, 2.75) is 38.5 Å². The minimum Gasteiger partial charge on any atom is -0.347 e. The maximum atomic E-state index is 12.7. The van der Waals surface area contributed by atoms with E-state index >= 15 is 0 Å². The summed E-state index contributed by atoms with van der Waals surface area (Å²) in [6.07, 6.45) is -5.66. The number of alkyl halides is 3. The molecule has 4 nitrogen and oxygen atoms in total. The van der Waals surface area contributed by atoms with Crippen molar-refractivity contribution in [3.05, 3.63) is 34.9 Å². The molecule has 0 saturated heterocycles. The first kappa shape index (κ1) is 18.3. The molecular weight excluding hydrogens is 321 g/mol. The van der Waals surface area contributed by atoms with Crippen LogP contribution in [0.3, 0.4) is 0 Å². The first-order valence-corrected chi connectivity index (χ1v) is 6.86. The van der Waals surface area contributed by atoms with Gasteiger partial charge in [0.15, 0.2) is 0 Å². The summed E-state index contributed by atoms with van der Waals surface area (Å²) >= 11 is 5.71. The summed E-state index contributed by atoms with van der Waals surface area (Å²) in [7, 11) is 0.